The van der Waals surface area contributed by atoms with Gasteiger partial charge in [0.15, 0.2) is 14.5 Å². The molecular weight excluding hydrogens is 320 g/mol. The van der Waals surface area contributed by atoms with Gasteiger partial charge in [0, 0.05) is 5.56 Å². The van der Waals surface area contributed by atoms with Crippen LogP contribution in [-0.4, -0.2) is 27.0 Å². The van der Waals surface area contributed by atoms with Crippen molar-refractivity contribution in [2.45, 2.75) is 41.6 Å². The molecule has 0 spiro atoms. The number of rotatable bonds is 6. The highest BCUT2D eigenvalue weighted by Gasteiger charge is 2.20. The minimum Gasteiger partial charge on any atom is -0.293 e. The summed E-state index contributed by atoms with van der Waals surface area (Å²) < 4.78 is 1.82. The van der Waals surface area contributed by atoms with E-state index in [9.17, 15) is 4.79 Å². The predicted molar refractivity (Wildman–Crippen MR) is 91.9 cm³/mol. The van der Waals surface area contributed by atoms with Gasteiger partial charge in [-0.1, -0.05) is 59.5 Å². The number of benzene rings is 1. The third kappa shape index (κ3) is 4.31. The van der Waals surface area contributed by atoms with Crippen LogP contribution in [0.25, 0.3) is 0 Å². The molecule has 6 heteroatoms. The average Bonchev–Trinajstić information content (AvgIpc) is 2.88. The maximum absolute atomic E-state index is 12.6. The number of nitrogens with zero attached hydrogens (tertiary/aromatic N) is 2. The minimum absolute atomic E-state index is 0.154. The van der Waals surface area contributed by atoms with Gasteiger partial charge >= 0.3 is 0 Å². The Balaban J connectivity index is 2.09. The molecule has 0 aliphatic rings. The van der Waals surface area contributed by atoms with E-state index >= 15 is 0 Å². The van der Waals surface area contributed by atoms with E-state index in [0.29, 0.717) is 0 Å². The van der Waals surface area contributed by atoms with Gasteiger partial charge in [-0.2, -0.15) is 0 Å². The Morgan fingerprint density at radius 3 is 2.71 bits per heavy atom. The first-order valence-corrected chi connectivity index (χ1v) is 9.44. The monoisotopic (exact) mass is 338 g/mol. The molecule has 1 aromatic heterocycles. The largest absolute Gasteiger partial charge is 0.293 e. The summed E-state index contributed by atoms with van der Waals surface area (Å²) in [7, 11) is 0. The summed E-state index contributed by atoms with van der Waals surface area (Å²) in [5.41, 5.74) is 2.94. The Hall–Kier alpha value is -0.850. The van der Waals surface area contributed by atoms with Crippen LogP contribution in [-0.2, 0) is 0 Å². The molecule has 1 heterocycles. The van der Waals surface area contributed by atoms with Crippen LogP contribution in [0.2, 0.25) is 0 Å². The van der Waals surface area contributed by atoms with Gasteiger partial charge in [0.1, 0.15) is 0 Å². The Morgan fingerprint density at radius 2 is 2.00 bits per heavy atom. The molecule has 0 bridgehead atoms. The highest BCUT2D eigenvalue weighted by molar-refractivity contribution is 8.03. The molecule has 0 aliphatic heterocycles. The molecule has 1 aromatic carbocycles. The zero-order chi connectivity index (χ0) is 15.4. The molecule has 0 radical (unpaired) electrons. The third-order valence-electron chi connectivity index (χ3n) is 2.96. The summed E-state index contributed by atoms with van der Waals surface area (Å²) in [5.74, 6) is 1.14. The molecule has 1 atom stereocenters. The Morgan fingerprint density at radius 1 is 1.29 bits per heavy atom. The fourth-order valence-corrected chi connectivity index (χ4v) is 4.98. The lowest BCUT2D eigenvalue weighted by molar-refractivity contribution is 0.0993. The Bertz CT molecular complexity index is 640. The normalized spacial score (nSPS) is 12.4. The van der Waals surface area contributed by atoms with E-state index in [4.69, 9.17) is 0 Å². The quantitative estimate of drug-likeness (QED) is 0.567. The molecule has 0 saturated heterocycles. The predicted octanol–water partition coefficient (Wildman–Crippen LogP) is 4.63. The first-order chi connectivity index (χ1) is 10.0. The number of carbonyl (C=O) groups is 1. The van der Waals surface area contributed by atoms with E-state index in [1.165, 1.54) is 11.8 Å². The standard InChI is InChI=1S/C15H18N2OS3/c1-5-19-14-16-17-15(21-14)20-11(4)13(18)12-8-9(2)6-7-10(12)3/h6-8,11H,5H2,1-4H3. The second-order valence-electron chi connectivity index (χ2n) is 4.71. The van der Waals surface area contributed by atoms with Gasteiger partial charge in [-0.15, -0.1) is 10.2 Å². The zero-order valence-electron chi connectivity index (χ0n) is 12.5. The first kappa shape index (κ1) is 16.5. The van der Waals surface area contributed by atoms with Crippen LogP contribution < -0.4 is 0 Å². The molecule has 0 aliphatic carbocycles. The van der Waals surface area contributed by atoms with E-state index in [1.54, 1.807) is 23.1 Å². The summed E-state index contributed by atoms with van der Waals surface area (Å²) in [6, 6.07) is 6.00. The van der Waals surface area contributed by atoms with Crippen LogP contribution in [0.4, 0.5) is 0 Å². The van der Waals surface area contributed by atoms with Crippen molar-refractivity contribution in [2.24, 2.45) is 0 Å². The summed E-state index contributed by atoms with van der Waals surface area (Å²) in [6.07, 6.45) is 0. The molecule has 0 saturated carbocycles. The molecule has 1 unspecified atom stereocenters. The van der Waals surface area contributed by atoms with Crippen LogP contribution >= 0.6 is 34.9 Å². The number of aromatic nitrogens is 2. The van der Waals surface area contributed by atoms with Crippen molar-refractivity contribution in [3.8, 4) is 0 Å². The second kappa shape index (κ2) is 7.42. The van der Waals surface area contributed by atoms with E-state index in [1.807, 2.05) is 39.0 Å². The van der Waals surface area contributed by atoms with Crippen molar-refractivity contribution in [1.29, 1.82) is 0 Å². The van der Waals surface area contributed by atoms with E-state index in [0.717, 1.165) is 31.1 Å². The molecule has 0 amide bonds. The lowest BCUT2D eigenvalue weighted by Gasteiger charge is -2.11. The van der Waals surface area contributed by atoms with Gasteiger partial charge in [-0.25, -0.2) is 0 Å². The number of thioether (sulfide) groups is 2. The van der Waals surface area contributed by atoms with Gasteiger partial charge in [0.2, 0.25) is 0 Å². The topological polar surface area (TPSA) is 42.9 Å². The number of Topliss-reactive ketones (excluding diaryl/α,β-unsaturated/α-hetero) is 1. The fourth-order valence-electron chi connectivity index (χ4n) is 1.85. The zero-order valence-corrected chi connectivity index (χ0v) is 15.0. The number of ketones is 1. The summed E-state index contributed by atoms with van der Waals surface area (Å²) in [4.78, 5) is 12.6. The number of aryl methyl sites for hydroxylation is 2. The molecular formula is C15H18N2OS3. The van der Waals surface area contributed by atoms with Crippen LogP contribution in [0.1, 0.15) is 35.3 Å². The van der Waals surface area contributed by atoms with E-state index in [2.05, 4.69) is 17.1 Å². The van der Waals surface area contributed by atoms with E-state index < -0.39 is 0 Å². The Labute approximate surface area is 137 Å². The van der Waals surface area contributed by atoms with Crippen molar-refractivity contribution >= 4 is 40.6 Å². The van der Waals surface area contributed by atoms with Crippen molar-refractivity contribution in [3.05, 3.63) is 34.9 Å². The van der Waals surface area contributed by atoms with Crippen LogP contribution in [0, 0.1) is 13.8 Å². The summed E-state index contributed by atoms with van der Waals surface area (Å²) in [5, 5.41) is 8.12. The van der Waals surface area contributed by atoms with Crippen molar-refractivity contribution in [2.75, 3.05) is 5.75 Å². The van der Waals surface area contributed by atoms with Gasteiger partial charge in [0.25, 0.3) is 0 Å². The third-order valence-corrected chi connectivity index (χ3v) is 6.08. The van der Waals surface area contributed by atoms with Crippen molar-refractivity contribution in [3.63, 3.8) is 0 Å². The molecule has 112 valence electrons. The second-order valence-corrected chi connectivity index (χ2v) is 8.79. The maximum Gasteiger partial charge on any atom is 0.176 e. The number of hydrogen-bond acceptors (Lipinski definition) is 6. The lowest BCUT2D eigenvalue weighted by atomic mass is 10.0. The molecule has 2 aromatic rings. The highest BCUT2D eigenvalue weighted by atomic mass is 32.2. The fraction of sp³-hybridized carbons (Fsp3) is 0.400. The van der Waals surface area contributed by atoms with Gasteiger partial charge in [-0.3, -0.25) is 4.79 Å². The summed E-state index contributed by atoms with van der Waals surface area (Å²) >= 11 is 4.73. The van der Waals surface area contributed by atoms with Crippen LogP contribution in [0.15, 0.2) is 26.9 Å². The van der Waals surface area contributed by atoms with Crippen molar-refractivity contribution < 1.29 is 4.79 Å². The van der Waals surface area contributed by atoms with Gasteiger partial charge in [0.05, 0.1) is 5.25 Å². The van der Waals surface area contributed by atoms with Crippen LogP contribution in [0.3, 0.4) is 0 Å². The van der Waals surface area contributed by atoms with Crippen LogP contribution in [0.5, 0.6) is 0 Å². The lowest BCUT2D eigenvalue weighted by Crippen LogP contribution is -2.15. The molecule has 0 N–H and O–H groups in total. The number of carbonyl (C=O) groups excluding carboxylic acids is 1. The average molecular weight is 339 g/mol. The van der Waals surface area contributed by atoms with Gasteiger partial charge < -0.3 is 0 Å². The molecule has 2 rings (SSSR count). The first-order valence-electron chi connectivity index (χ1n) is 6.75. The molecule has 0 fully saturated rings. The summed E-state index contributed by atoms with van der Waals surface area (Å²) in [6.45, 7) is 8.01. The minimum atomic E-state index is -0.155. The highest BCUT2D eigenvalue weighted by Crippen LogP contribution is 2.32. The SMILES string of the molecule is CCSc1nnc(SC(C)C(=O)c2cc(C)ccc2C)s1. The maximum atomic E-state index is 12.6. The molecule has 21 heavy (non-hydrogen) atoms. The Kier molecular flexibility index (Phi) is 5.84. The smallest absolute Gasteiger partial charge is 0.176 e. The number of hydrogen-bond donors (Lipinski definition) is 0. The van der Waals surface area contributed by atoms with E-state index in [-0.39, 0.29) is 11.0 Å². The molecule has 3 nitrogen and oxygen atoms in total. The van der Waals surface area contributed by atoms with Crippen molar-refractivity contribution in [1.82, 2.24) is 10.2 Å². The van der Waals surface area contributed by atoms with Gasteiger partial charge in [-0.05, 0) is 38.2 Å².